The van der Waals surface area contributed by atoms with E-state index < -0.39 is 11.8 Å². The van der Waals surface area contributed by atoms with E-state index in [0.717, 1.165) is 10.8 Å². The highest BCUT2D eigenvalue weighted by Gasteiger charge is 2.45. The lowest BCUT2D eigenvalue weighted by Crippen LogP contribution is -2.37. The van der Waals surface area contributed by atoms with Crippen molar-refractivity contribution in [1.29, 1.82) is 0 Å². The Morgan fingerprint density at radius 2 is 2.36 bits per heavy atom. The van der Waals surface area contributed by atoms with E-state index in [0.29, 0.717) is 0 Å². The zero-order valence-corrected chi connectivity index (χ0v) is 8.75. The van der Waals surface area contributed by atoms with Crippen LogP contribution in [-0.2, 0) is 9.47 Å². The second-order valence-corrected chi connectivity index (χ2v) is 3.58. The first kappa shape index (κ1) is 9.09. The van der Waals surface area contributed by atoms with Crippen molar-refractivity contribution in [1.82, 2.24) is 0 Å². The molecule has 64 valence electrons. The van der Waals surface area contributed by atoms with Crippen molar-refractivity contribution in [3.8, 4) is 0 Å². The molecular formula is C7H11IO3. The lowest BCUT2D eigenvalue weighted by atomic mass is 10.0. The Labute approximate surface area is 79.6 Å². The van der Waals surface area contributed by atoms with Crippen molar-refractivity contribution in [2.24, 2.45) is 0 Å². The molecule has 11 heavy (non-hydrogen) atoms. The van der Waals surface area contributed by atoms with Gasteiger partial charge in [0.1, 0.15) is 6.10 Å². The molecule has 0 radical (unpaired) electrons. The standard InChI is InChI=1S/C7H11IO3/c1-3-5-7(2,4-8)11-6(9)10-5/h5H,3-4H2,1-2H3. The van der Waals surface area contributed by atoms with Gasteiger partial charge in [-0.05, 0) is 13.3 Å². The number of carbonyl (C=O) groups is 1. The Morgan fingerprint density at radius 3 is 2.73 bits per heavy atom. The Balaban J connectivity index is 2.71. The molecule has 3 nitrogen and oxygen atoms in total. The molecule has 0 saturated carbocycles. The van der Waals surface area contributed by atoms with Gasteiger partial charge in [-0.25, -0.2) is 4.79 Å². The summed E-state index contributed by atoms with van der Waals surface area (Å²) in [6.45, 7) is 3.88. The van der Waals surface area contributed by atoms with Gasteiger partial charge >= 0.3 is 6.16 Å². The Bertz CT molecular complexity index is 171. The van der Waals surface area contributed by atoms with Gasteiger partial charge < -0.3 is 9.47 Å². The van der Waals surface area contributed by atoms with Gasteiger partial charge in [0.25, 0.3) is 0 Å². The summed E-state index contributed by atoms with van der Waals surface area (Å²) in [7, 11) is 0. The molecule has 1 aliphatic rings. The van der Waals surface area contributed by atoms with Gasteiger partial charge in [0, 0.05) is 4.43 Å². The maximum Gasteiger partial charge on any atom is 0.509 e. The second-order valence-electron chi connectivity index (χ2n) is 2.81. The highest BCUT2D eigenvalue weighted by Crippen LogP contribution is 2.30. The van der Waals surface area contributed by atoms with Crippen LogP contribution in [0, 0.1) is 0 Å². The van der Waals surface area contributed by atoms with Crippen molar-refractivity contribution in [2.45, 2.75) is 32.0 Å². The maximum atomic E-state index is 10.7. The molecule has 1 rings (SSSR count). The fourth-order valence-electron chi connectivity index (χ4n) is 1.15. The van der Waals surface area contributed by atoms with E-state index >= 15 is 0 Å². The first-order chi connectivity index (χ1) is 5.12. The highest BCUT2D eigenvalue weighted by molar-refractivity contribution is 14.1. The highest BCUT2D eigenvalue weighted by atomic mass is 127. The number of ether oxygens (including phenoxy) is 2. The molecule has 1 aliphatic heterocycles. The number of cyclic esters (lactones) is 2. The molecule has 2 unspecified atom stereocenters. The van der Waals surface area contributed by atoms with Crippen molar-refractivity contribution in [3.05, 3.63) is 0 Å². The van der Waals surface area contributed by atoms with E-state index in [1.54, 1.807) is 0 Å². The summed E-state index contributed by atoms with van der Waals surface area (Å²) in [6.07, 6.45) is 0.202. The molecule has 1 fully saturated rings. The van der Waals surface area contributed by atoms with Crippen molar-refractivity contribution >= 4 is 28.7 Å². The summed E-state index contributed by atoms with van der Waals surface area (Å²) in [5.41, 5.74) is -0.410. The minimum absolute atomic E-state index is 0.0769. The van der Waals surface area contributed by atoms with Crippen molar-refractivity contribution in [2.75, 3.05) is 4.43 Å². The molecule has 0 amide bonds. The molecule has 0 spiro atoms. The van der Waals surface area contributed by atoms with Crippen LogP contribution in [0.5, 0.6) is 0 Å². The molecule has 0 N–H and O–H groups in total. The van der Waals surface area contributed by atoms with Crippen molar-refractivity contribution < 1.29 is 14.3 Å². The molecule has 0 bridgehead atoms. The molecule has 2 atom stereocenters. The van der Waals surface area contributed by atoms with E-state index in [1.165, 1.54) is 0 Å². The zero-order chi connectivity index (χ0) is 8.48. The summed E-state index contributed by atoms with van der Waals surface area (Å²) in [6, 6.07) is 0. The molecule has 4 heteroatoms. The smallest absolute Gasteiger partial charge is 0.427 e. The van der Waals surface area contributed by atoms with Gasteiger partial charge in [-0.1, -0.05) is 29.5 Å². The number of halogens is 1. The summed E-state index contributed by atoms with van der Waals surface area (Å²) in [5, 5.41) is 0. The molecule has 0 aromatic carbocycles. The average molecular weight is 270 g/mol. The maximum absolute atomic E-state index is 10.7. The number of carbonyl (C=O) groups excluding carboxylic acids is 1. The lowest BCUT2D eigenvalue weighted by Gasteiger charge is -2.22. The van der Waals surface area contributed by atoms with Crippen LogP contribution in [-0.4, -0.2) is 22.3 Å². The van der Waals surface area contributed by atoms with Gasteiger partial charge in [0.15, 0.2) is 5.60 Å². The van der Waals surface area contributed by atoms with E-state index in [9.17, 15) is 4.79 Å². The third-order valence-electron chi connectivity index (χ3n) is 1.87. The van der Waals surface area contributed by atoms with E-state index in [2.05, 4.69) is 22.6 Å². The molecule has 1 heterocycles. The Hall–Kier alpha value is 0. The fourth-order valence-corrected chi connectivity index (χ4v) is 1.80. The average Bonchev–Trinajstić information content (AvgIpc) is 2.27. The summed E-state index contributed by atoms with van der Waals surface area (Å²) < 4.78 is 10.8. The molecule has 1 saturated heterocycles. The largest absolute Gasteiger partial charge is 0.509 e. The van der Waals surface area contributed by atoms with Gasteiger partial charge in [0.2, 0.25) is 0 Å². The number of rotatable bonds is 2. The second kappa shape index (κ2) is 3.16. The van der Waals surface area contributed by atoms with Gasteiger partial charge in [-0.3, -0.25) is 0 Å². The predicted octanol–water partition coefficient (Wildman–Crippen LogP) is 2.13. The van der Waals surface area contributed by atoms with Crippen LogP contribution in [0.1, 0.15) is 20.3 Å². The van der Waals surface area contributed by atoms with Crippen molar-refractivity contribution in [3.63, 3.8) is 0 Å². The minimum Gasteiger partial charge on any atom is -0.427 e. The first-order valence-corrected chi connectivity index (χ1v) is 5.10. The van der Waals surface area contributed by atoms with Gasteiger partial charge in [-0.15, -0.1) is 0 Å². The first-order valence-electron chi connectivity index (χ1n) is 3.58. The Morgan fingerprint density at radius 1 is 1.73 bits per heavy atom. The predicted molar refractivity (Wildman–Crippen MR) is 48.9 cm³/mol. The molecule has 0 aliphatic carbocycles. The number of hydrogen-bond acceptors (Lipinski definition) is 3. The van der Waals surface area contributed by atoms with Gasteiger partial charge in [0.05, 0.1) is 0 Å². The third kappa shape index (κ3) is 1.60. The molecule has 0 aromatic heterocycles. The van der Waals surface area contributed by atoms with E-state index in [1.807, 2.05) is 13.8 Å². The van der Waals surface area contributed by atoms with Crippen LogP contribution in [0.2, 0.25) is 0 Å². The van der Waals surface area contributed by atoms with Crippen LogP contribution in [0.3, 0.4) is 0 Å². The van der Waals surface area contributed by atoms with Crippen LogP contribution in [0.25, 0.3) is 0 Å². The molecule has 0 aromatic rings. The van der Waals surface area contributed by atoms with Crippen LogP contribution < -0.4 is 0 Å². The lowest BCUT2D eigenvalue weighted by molar-refractivity contribution is 0.0702. The summed E-state index contributed by atoms with van der Waals surface area (Å²) in [4.78, 5) is 10.7. The van der Waals surface area contributed by atoms with Crippen LogP contribution in [0.4, 0.5) is 4.79 Å². The zero-order valence-electron chi connectivity index (χ0n) is 6.59. The number of alkyl halides is 1. The van der Waals surface area contributed by atoms with E-state index in [4.69, 9.17) is 9.47 Å². The Kier molecular flexibility index (Phi) is 2.61. The van der Waals surface area contributed by atoms with E-state index in [-0.39, 0.29) is 6.10 Å². The van der Waals surface area contributed by atoms with Crippen LogP contribution in [0.15, 0.2) is 0 Å². The van der Waals surface area contributed by atoms with Gasteiger partial charge in [-0.2, -0.15) is 0 Å². The monoisotopic (exact) mass is 270 g/mol. The fraction of sp³-hybridized carbons (Fsp3) is 0.857. The summed E-state index contributed by atoms with van der Waals surface area (Å²) in [5.74, 6) is 0. The summed E-state index contributed by atoms with van der Waals surface area (Å²) >= 11 is 2.20. The number of hydrogen-bond donors (Lipinski definition) is 0. The SMILES string of the molecule is CCC1OC(=O)OC1(C)CI. The molecular weight excluding hydrogens is 259 g/mol. The minimum atomic E-state index is -0.531. The topological polar surface area (TPSA) is 35.5 Å². The van der Waals surface area contributed by atoms with Crippen LogP contribution >= 0.6 is 22.6 Å². The quantitative estimate of drug-likeness (QED) is 0.438. The third-order valence-corrected chi connectivity index (χ3v) is 3.39. The normalized spacial score (nSPS) is 36.6.